The highest BCUT2D eigenvalue weighted by molar-refractivity contribution is 5.20. The molecule has 1 aliphatic carbocycles. The second kappa shape index (κ2) is 5.88. The lowest BCUT2D eigenvalue weighted by Gasteiger charge is -2.26. The minimum Gasteiger partial charge on any atom is -0.424 e. The van der Waals surface area contributed by atoms with Crippen LogP contribution in [0.5, 0.6) is 0 Å². The van der Waals surface area contributed by atoms with E-state index in [1.807, 2.05) is 0 Å². The van der Waals surface area contributed by atoms with Crippen LogP contribution in [0.4, 0.5) is 0 Å². The van der Waals surface area contributed by atoms with E-state index in [-0.39, 0.29) is 5.56 Å². The van der Waals surface area contributed by atoms with Gasteiger partial charge in [0.05, 0.1) is 12.2 Å². The van der Waals surface area contributed by atoms with E-state index in [1.54, 1.807) is 10.7 Å². The monoisotopic (exact) mass is 315 g/mol. The van der Waals surface area contributed by atoms with Crippen molar-refractivity contribution in [2.45, 2.75) is 58.2 Å². The Bertz CT molecular complexity index is 762. The van der Waals surface area contributed by atoms with Crippen molar-refractivity contribution in [2.24, 2.45) is 0 Å². The smallest absolute Gasteiger partial charge is 0.267 e. The van der Waals surface area contributed by atoms with Crippen LogP contribution in [0.3, 0.4) is 0 Å². The van der Waals surface area contributed by atoms with Gasteiger partial charge in [0, 0.05) is 38.0 Å². The molecule has 0 saturated heterocycles. The summed E-state index contributed by atoms with van der Waals surface area (Å²) in [6, 6.07) is 1.73. The van der Waals surface area contributed by atoms with Gasteiger partial charge in [0.1, 0.15) is 0 Å². The fourth-order valence-electron chi connectivity index (χ4n) is 3.02. The van der Waals surface area contributed by atoms with Crippen LogP contribution in [0.25, 0.3) is 0 Å². The van der Waals surface area contributed by atoms with Crippen LogP contribution < -0.4 is 5.56 Å². The molecule has 122 valence electrons. The van der Waals surface area contributed by atoms with E-state index >= 15 is 0 Å². The second-order valence-corrected chi connectivity index (χ2v) is 6.45. The van der Waals surface area contributed by atoms with E-state index in [1.165, 1.54) is 0 Å². The molecule has 0 unspecified atom stereocenters. The summed E-state index contributed by atoms with van der Waals surface area (Å²) < 4.78 is 7.31. The maximum Gasteiger partial charge on any atom is 0.267 e. The summed E-state index contributed by atoms with van der Waals surface area (Å²) in [5.74, 6) is 1.93. The molecule has 23 heavy (non-hydrogen) atoms. The molecule has 0 atom stereocenters. The topological polar surface area (TPSA) is 77.1 Å². The minimum absolute atomic E-state index is 0.0127. The zero-order valence-corrected chi connectivity index (χ0v) is 13.4. The lowest BCUT2D eigenvalue weighted by molar-refractivity contribution is 0.215. The third kappa shape index (κ3) is 3.06. The van der Waals surface area contributed by atoms with Crippen LogP contribution >= 0.6 is 0 Å². The van der Waals surface area contributed by atoms with Crippen LogP contribution in [-0.2, 0) is 26.1 Å². The van der Waals surface area contributed by atoms with Gasteiger partial charge in [-0.2, -0.15) is 5.10 Å². The van der Waals surface area contributed by atoms with Crippen molar-refractivity contribution in [3.05, 3.63) is 39.5 Å². The summed E-state index contributed by atoms with van der Waals surface area (Å²) in [5, 5.41) is 12.8. The molecule has 0 N–H and O–H groups in total. The minimum atomic E-state index is -0.0127. The molecule has 4 rings (SSSR count). The van der Waals surface area contributed by atoms with Crippen molar-refractivity contribution in [2.75, 3.05) is 6.54 Å². The molecule has 7 heteroatoms. The SMILES string of the molecule is CCCn1nc2c(cc1=O)CN(Cc1nnc(C3CC3)o1)CC2. The summed E-state index contributed by atoms with van der Waals surface area (Å²) >= 11 is 0. The average molecular weight is 315 g/mol. The van der Waals surface area contributed by atoms with Gasteiger partial charge in [-0.25, -0.2) is 4.68 Å². The molecule has 2 aromatic heterocycles. The number of fused-ring (bicyclic) bond motifs is 1. The van der Waals surface area contributed by atoms with E-state index in [2.05, 4.69) is 27.1 Å². The van der Waals surface area contributed by atoms with Gasteiger partial charge in [0.25, 0.3) is 5.56 Å². The zero-order chi connectivity index (χ0) is 15.8. The first kappa shape index (κ1) is 14.6. The van der Waals surface area contributed by atoms with Crippen LogP contribution in [0, 0.1) is 0 Å². The zero-order valence-electron chi connectivity index (χ0n) is 13.4. The molecule has 1 aliphatic heterocycles. The Morgan fingerprint density at radius 2 is 2.22 bits per heavy atom. The first-order valence-electron chi connectivity index (χ1n) is 8.37. The highest BCUT2D eigenvalue weighted by atomic mass is 16.4. The molecule has 0 amide bonds. The third-order valence-corrected chi connectivity index (χ3v) is 4.43. The van der Waals surface area contributed by atoms with Gasteiger partial charge in [0.2, 0.25) is 11.8 Å². The summed E-state index contributed by atoms with van der Waals surface area (Å²) in [4.78, 5) is 14.3. The maximum absolute atomic E-state index is 12.1. The standard InChI is InChI=1S/C16H21N5O2/c1-2-6-21-15(22)8-12-9-20(7-5-13(12)19-21)10-14-17-18-16(23-14)11-3-4-11/h8,11H,2-7,9-10H2,1H3. The normalized spacial score (nSPS) is 18.1. The molecule has 0 radical (unpaired) electrons. The molecular weight excluding hydrogens is 294 g/mol. The van der Waals surface area contributed by atoms with E-state index in [4.69, 9.17) is 4.42 Å². The quantitative estimate of drug-likeness (QED) is 0.831. The molecule has 2 aromatic rings. The van der Waals surface area contributed by atoms with Crippen LogP contribution in [-0.4, -0.2) is 31.4 Å². The van der Waals surface area contributed by atoms with Crippen LogP contribution in [0.2, 0.25) is 0 Å². The predicted octanol–water partition coefficient (Wildman–Crippen LogP) is 1.47. The lowest BCUT2D eigenvalue weighted by atomic mass is 10.1. The van der Waals surface area contributed by atoms with Gasteiger partial charge in [-0.15, -0.1) is 10.2 Å². The fourth-order valence-corrected chi connectivity index (χ4v) is 3.02. The molecule has 1 saturated carbocycles. The van der Waals surface area contributed by atoms with Crippen molar-refractivity contribution in [1.82, 2.24) is 24.9 Å². The number of rotatable bonds is 5. The van der Waals surface area contributed by atoms with E-state index in [0.717, 1.165) is 49.4 Å². The number of nitrogens with zero attached hydrogens (tertiary/aromatic N) is 5. The molecule has 2 aliphatic rings. The van der Waals surface area contributed by atoms with Crippen LogP contribution in [0.1, 0.15) is 55.1 Å². The first-order valence-corrected chi connectivity index (χ1v) is 8.37. The van der Waals surface area contributed by atoms with Gasteiger partial charge in [-0.3, -0.25) is 9.69 Å². The lowest BCUT2D eigenvalue weighted by Crippen LogP contribution is -2.34. The maximum atomic E-state index is 12.1. The Kier molecular flexibility index (Phi) is 3.72. The molecule has 0 aromatic carbocycles. The summed E-state index contributed by atoms with van der Waals surface area (Å²) in [5.41, 5.74) is 2.05. The van der Waals surface area contributed by atoms with E-state index in [9.17, 15) is 4.79 Å². The summed E-state index contributed by atoms with van der Waals surface area (Å²) in [6.07, 6.45) is 4.09. The van der Waals surface area contributed by atoms with E-state index < -0.39 is 0 Å². The second-order valence-electron chi connectivity index (χ2n) is 6.45. The predicted molar refractivity (Wildman–Crippen MR) is 82.9 cm³/mol. The van der Waals surface area contributed by atoms with Gasteiger partial charge < -0.3 is 4.42 Å². The molecule has 1 fully saturated rings. The number of hydrogen-bond acceptors (Lipinski definition) is 6. The largest absolute Gasteiger partial charge is 0.424 e. The van der Waals surface area contributed by atoms with Gasteiger partial charge >= 0.3 is 0 Å². The third-order valence-electron chi connectivity index (χ3n) is 4.43. The Morgan fingerprint density at radius 3 is 3.00 bits per heavy atom. The van der Waals surface area contributed by atoms with Crippen molar-refractivity contribution in [3.8, 4) is 0 Å². The number of aryl methyl sites for hydroxylation is 1. The molecular formula is C16H21N5O2. The summed E-state index contributed by atoms with van der Waals surface area (Å²) in [7, 11) is 0. The Morgan fingerprint density at radius 1 is 1.35 bits per heavy atom. The number of aromatic nitrogens is 4. The molecule has 7 nitrogen and oxygen atoms in total. The molecule has 3 heterocycles. The molecule has 0 spiro atoms. The van der Waals surface area contributed by atoms with Crippen LogP contribution in [0.15, 0.2) is 15.3 Å². The Labute approximate surface area is 134 Å². The first-order chi connectivity index (χ1) is 11.2. The Balaban J connectivity index is 1.47. The fraction of sp³-hybridized carbons (Fsp3) is 0.625. The van der Waals surface area contributed by atoms with Crippen molar-refractivity contribution < 1.29 is 4.42 Å². The Hall–Kier alpha value is -2.02. The van der Waals surface area contributed by atoms with Crippen molar-refractivity contribution in [3.63, 3.8) is 0 Å². The number of hydrogen-bond donors (Lipinski definition) is 0. The summed E-state index contributed by atoms with van der Waals surface area (Å²) in [6.45, 7) is 4.98. The average Bonchev–Trinajstić information content (AvgIpc) is 3.29. The van der Waals surface area contributed by atoms with E-state index in [0.29, 0.717) is 31.4 Å². The van der Waals surface area contributed by atoms with Gasteiger partial charge in [-0.1, -0.05) is 6.92 Å². The van der Waals surface area contributed by atoms with Gasteiger partial charge in [-0.05, 0) is 24.8 Å². The highest BCUT2D eigenvalue weighted by Gasteiger charge is 2.30. The van der Waals surface area contributed by atoms with Crippen molar-refractivity contribution in [1.29, 1.82) is 0 Å². The highest BCUT2D eigenvalue weighted by Crippen LogP contribution is 2.39. The van der Waals surface area contributed by atoms with Gasteiger partial charge in [0.15, 0.2) is 0 Å². The van der Waals surface area contributed by atoms with Crippen molar-refractivity contribution >= 4 is 0 Å². The molecule has 0 bridgehead atoms.